The van der Waals surface area contributed by atoms with Crippen molar-refractivity contribution in [3.05, 3.63) is 39.4 Å². The summed E-state index contributed by atoms with van der Waals surface area (Å²) in [5.74, 6) is 0. The van der Waals surface area contributed by atoms with E-state index in [4.69, 9.17) is 4.74 Å². The van der Waals surface area contributed by atoms with Crippen molar-refractivity contribution in [1.82, 2.24) is 19.0 Å². The Kier molecular flexibility index (Phi) is 4.93. The molecule has 0 saturated carbocycles. The molecular formula is C21H25BrN4O3. The quantitative estimate of drug-likeness (QED) is 0.570. The molecule has 29 heavy (non-hydrogen) atoms. The average molecular weight is 461 g/mol. The van der Waals surface area contributed by atoms with E-state index in [1.54, 1.807) is 15.7 Å². The predicted octanol–water partition coefficient (Wildman–Crippen LogP) is 4.32. The molecule has 8 heteroatoms. The number of hydrogen-bond acceptors (Lipinski definition) is 4. The van der Waals surface area contributed by atoms with Crippen LogP contribution in [0.15, 0.2) is 33.7 Å². The van der Waals surface area contributed by atoms with Gasteiger partial charge in [0.2, 0.25) is 0 Å². The maximum Gasteiger partial charge on any atom is 0.410 e. The van der Waals surface area contributed by atoms with E-state index in [1.807, 2.05) is 50.5 Å². The van der Waals surface area contributed by atoms with E-state index in [-0.39, 0.29) is 17.8 Å². The fraction of sp³-hybridized carbons (Fsp3) is 0.476. The minimum atomic E-state index is -0.543. The molecule has 1 atom stereocenters. The van der Waals surface area contributed by atoms with Crippen LogP contribution in [0.4, 0.5) is 4.79 Å². The second-order valence-corrected chi connectivity index (χ2v) is 9.33. The van der Waals surface area contributed by atoms with Crippen molar-refractivity contribution >= 4 is 44.0 Å². The van der Waals surface area contributed by atoms with E-state index in [2.05, 4.69) is 20.9 Å². The molecule has 0 unspecified atom stereocenters. The Labute approximate surface area is 177 Å². The Hall–Kier alpha value is -2.35. The predicted molar refractivity (Wildman–Crippen MR) is 116 cm³/mol. The van der Waals surface area contributed by atoms with Crippen LogP contribution in [0.25, 0.3) is 21.9 Å². The molecule has 4 rings (SSSR count). The third kappa shape index (κ3) is 3.54. The van der Waals surface area contributed by atoms with E-state index in [0.29, 0.717) is 26.1 Å². The number of hydrogen-bond donors (Lipinski definition) is 0. The number of carbonyl (C=O) groups is 1. The molecule has 1 aliphatic heterocycles. The summed E-state index contributed by atoms with van der Waals surface area (Å²) in [7, 11) is 0. The molecule has 1 fully saturated rings. The summed E-state index contributed by atoms with van der Waals surface area (Å²) in [6, 6.07) is 5.79. The zero-order chi connectivity index (χ0) is 20.9. The molecule has 0 N–H and O–H groups in total. The number of imidazole rings is 1. The molecule has 3 heterocycles. The van der Waals surface area contributed by atoms with E-state index in [1.165, 1.54) is 0 Å². The van der Waals surface area contributed by atoms with E-state index in [0.717, 1.165) is 26.4 Å². The van der Waals surface area contributed by atoms with E-state index in [9.17, 15) is 9.59 Å². The van der Waals surface area contributed by atoms with Crippen LogP contribution in [-0.2, 0) is 11.3 Å². The highest BCUT2D eigenvalue weighted by atomic mass is 79.9. The Morgan fingerprint density at radius 3 is 2.79 bits per heavy atom. The number of nitrogens with zero attached hydrogens (tertiary/aromatic N) is 4. The fourth-order valence-corrected chi connectivity index (χ4v) is 4.37. The molecule has 0 aliphatic carbocycles. The fourth-order valence-electron chi connectivity index (χ4n) is 4.01. The maximum atomic E-state index is 13.3. The summed E-state index contributed by atoms with van der Waals surface area (Å²) in [6.45, 7) is 9.11. The van der Waals surface area contributed by atoms with Crippen molar-refractivity contribution in [3.63, 3.8) is 0 Å². The van der Waals surface area contributed by atoms with Gasteiger partial charge in [-0.25, -0.2) is 9.59 Å². The molecule has 154 valence electrons. The maximum absolute atomic E-state index is 13.3. The Balaban J connectivity index is 1.82. The summed E-state index contributed by atoms with van der Waals surface area (Å²) in [4.78, 5) is 32.0. The van der Waals surface area contributed by atoms with Crippen molar-refractivity contribution in [2.24, 2.45) is 0 Å². The Morgan fingerprint density at radius 2 is 2.10 bits per heavy atom. The SMILES string of the molecule is CCn1c(=O)n([C@H]2CCN(C(=O)OC(C)(C)C)C2)c2c3cc(Br)ccc3ncc21. The van der Waals surface area contributed by atoms with E-state index < -0.39 is 5.60 Å². The summed E-state index contributed by atoms with van der Waals surface area (Å²) in [6.07, 6.45) is 2.15. The van der Waals surface area contributed by atoms with E-state index >= 15 is 0 Å². The van der Waals surface area contributed by atoms with Crippen LogP contribution in [0.3, 0.4) is 0 Å². The van der Waals surface area contributed by atoms with Crippen LogP contribution < -0.4 is 5.69 Å². The lowest BCUT2D eigenvalue weighted by Gasteiger charge is -2.24. The van der Waals surface area contributed by atoms with Crippen LogP contribution in [0.1, 0.15) is 40.2 Å². The number of amides is 1. The summed E-state index contributed by atoms with van der Waals surface area (Å²) < 4.78 is 10.0. The van der Waals surface area contributed by atoms with Gasteiger partial charge in [0.1, 0.15) is 5.60 Å². The topological polar surface area (TPSA) is 69.4 Å². The van der Waals surface area contributed by atoms with Gasteiger partial charge < -0.3 is 9.64 Å². The lowest BCUT2D eigenvalue weighted by Crippen LogP contribution is -2.36. The zero-order valence-corrected chi connectivity index (χ0v) is 18.7. The van der Waals surface area contributed by atoms with Crippen molar-refractivity contribution in [2.45, 2.75) is 52.3 Å². The standard InChI is InChI=1S/C21H25BrN4O3/c1-5-25-17-11-23-16-7-6-13(22)10-15(16)18(17)26(19(25)27)14-8-9-24(12-14)20(28)29-21(2,3)4/h6-7,10-11,14H,5,8-9,12H2,1-4H3/t14-/m0/s1. The number of ether oxygens (including phenoxy) is 1. The van der Waals surface area contributed by atoms with Crippen molar-refractivity contribution in [1.29, 1.82) is 0 Å². The first-order valence-corrected chi connectivity index (χ1v) is 10.7. The lowest BCUT2D eigenvalue weighted by atomic mass is 10.1. The van der Waals surface area contributed by atoms with Crippen molar-refractivity contribution in [3.8, 4) is 0 Å². The summed E-state index contributed by atoms with van der Waals surface area (Å²) in [5.41, 5.74) is 1.92. The molecule has 1 aliphatic rings. The lowest BCUT2D eigenvalue weighted by molar-refractivity contribution is 0.0289. The van der Waals surface area contributed by atoms with Crippen LogP contribution in [0.2, 0.25) is 0 Å². The third-order valence-electron chi connectivity index (χ3n) is 5.25. The second-order valence-electron chi connectivity index (χ2n) is 8.42. The molecule has 1 saturated heterocycles. The van der Waals surface area contributed by atoms with Crippen LogP contribution in [0, 0.1) is 0 Å². The number of pyridine rings is 1. The average Bonchev–Trinajstić information content (AvgIpc) is 3.22. The number of benzene rings is 1. The Bertz CT molecular complexity index is 1160. The first-order valence-electron chi connectivity index (χ1n) is 9.86. The number of halogens is 1. The van der Waals surface area contributed by atoms with Gasteiger partial charge in [0.05, 0.1) is 28.8 Å². The monoisotopic (exact) mass is 460 g/mol. The van der Waals surface area contributed by atoms with Gasteiger partial charge >= 0.3 is 11.8 Å². The second kappa shape index (κ2) is 7.16. The largest absolute Gasteiger partial charge is 0.444 e. The highest BCUT2D eigenvalue weighted by Crippen LogP contribution is 2.31. The molecule has 0 radical (unpaired) electrons. The van der Waals surface area contributed by atoms with Gasteiger partial charge in [-0.05, 0) is 52.3 Å². The van der Waals surface area contributed by atoms with Gasteiger partial charge in [-0.15, -0.1) is 0 Å². The highest BCUT2D eigenvalue weighted by Gasteiger charge is 2.33. The van der Waals surface area contributed by atoms with Gasteiger partial charge in [-0.3, -0.25) is 14.1 Å². The van der Waals surface area contributed by atoms with Crippen LogP contribution in [0.5, 0.6) is 0 Å². The number of rotatable bonds is 2. The molecule has 3 aromatic rings. The molecule has 1 aromatic carbocycles. The highest BCUT2D eigenvalue weighted by molar-refractivity contribution is 9.10. The summed E-state index contributed by atoms with van der Waals surface area (Å²) in [5, 5.41) is 0.928. The molecule has 2 aromatic heterocycles. The van der Waals surface area contributed by atoms with Gasteiger partial charge in [-0.1, -0.05) is 15.9 Å². The van der Waals surface area contributed by atoms with Crippen molar-refractivity contribution < 1.29 is 9.53 Å². The van der Waals surface area contributed by atoms with Gasteiger partial charge in [0.15, 0.2) is 0 Å². The molecule has 1 amide bonds. The Morgan fingerprint density at radius 1 is 1.34 bits per heavy atom. The molecule has 0 spiro atoms. The first kappa shape index (κ1) is 19.9. The normalized spacial score (nSPS) is 17.4. The van der Waals surface area contributed by atoms with Crippen LogP contribution in [-0.4, -0.2) is 43.8 Å². The van der Waals surface area contributed by atoms with Crippen LogP contribution >= 0.6 is 15.9 Å². The third-order valence-corrected chi connectivity index (χ3v) is 5.74. The number of carbonyl (C=O) groups excluding carboxylic acids is 1. The number of aryl methyl sites for hydroxylation is 1. The molecule has 7 nitrogen and oxygen atoms in total. The van der Waals surface area contributed by atoms with Gasteiger partial charge in [0, 0.05) is 29.5 Å². The number of fused-ring (bicyclic) bond motifs is 3. The van der Waals surface area contributed by atoms with Gasteiger partial charge in [0.25, 0.3) is 0 Å². The summed E-state index contributed by atoms with van der Waals surface area (Å²) >= 11 is 3.53. The minimum Gasteiger partial charge on any atom is -0.444 e. The first-order chi connectivity index (χ1) is 13.7. The smallest absolute Gasteiger partial charge is 0.410 e. The number of aromatic nitrogens is 3. The van der Waals surface area contributed by atoms with Gasteiger partial charge in [-0.2, -0.15) is 0 Å². The number of likely N-dealkylation sites (tertiary alicyclic amines) is 1. The zero-order valence-electron chi connectivity index (χ0n) is 17.1. The molecular weight excluding hydrogens is 436 g/mol. The van der Waals surface area contributed by atoms with Crippen molar-refractivity contribution in [2.75, 3.05) is 13.1 Å². The molecule has 0 bridgehead atoms. The minimum absolute atomic E-state index is 0.0622.